The first kappa shape index (κ1) is 4.57. The summed E-state index contributed by atoms with van der Waals surface area (Å²) < 4.78 is 0. The lowest BCUT2D eigenvalue weighted by Gasteiger charge is -1.78. The van der Waals surface area contributed by atoms with Crippen LogP contribution in [0.5, 0.6) is 0 Å². The molecule has 4 heavy (non-hydrogen) atoms. The summed E-state index contributed by atoms with van der Waals surface area (Å²) in [5, 5.41) is 0. The lowest BCUT2D eigenvalue weighted by atomic mass is 11.0. The fraction of sp³-hybridized carbons (Fsp3) is 1.00. The number of thiol groups is 1. The van der Waals surface area contributed by atoms with Gasteiger partial charge in [-0.15, -0.1) is 0 Å². The third kappa shape index (κ3) is 19.6. The van der Waals surface area contributed by atoms with Crippen molar-refractivity contribution in [3.63, 3.8) is 0 Å². The van der Waals surface area contributed by atoms with Crippen LogP contribution < -0.4 is 0 Å². The number of hydrogen-bond donors (Lipinski definition) is 1. The molecule has 2 heteroatoms. The Morgan fingerprint density at radius 2 is 2.00 bits per heavy atom. The molecule has 1 atom stereocenters. The summed E-state index contributed by atoms with van der Waals surface area (Å²) in [6.07, 6.45) is 0. The Morgan fingerprint density at radius 1 is 2.00 bits per heavy atom. The molecule has 0 aromatic heterocycles. The Labute approximate surface area is 35.4 Å². The maximum absolute atomic E-state index is 4.03. The molecular formula is C2H8SSi. The monoisotopic (exact) mass is 92.0 g/mol. The maximum Gasteiger partial charge on any atom is 0.0185 e. The maximum atomic E-state index is 4.03. The zero-order valence-electron chi connectivity index (χ0n) is 3.02. The minimum Gasteiger partial charge on any atom is -0.180 e. The largest absolute Gasteiger partial charge is 0.180 e. The van der Waals surface area contributed by atoms with E-state index in [1.807, 2.05) is 0 Å². The molecule has 0 nitrogen and oxygen atoms in total. The zero-order chi connectivity index (χ0) is 3.58. The average Bonchev–Trinajstić information content (AvgIpc) is 0.811. The van der Waals surface area contributed by atoms with E-state index in [-0.39, 0.29) is 0 Å². The molecule has 0 aliphatic rings. The molecule has 0 heterocycles. The predicted molar refractivity (Wildman–Crippen MR) is 28.4 cm³/mol. The van der Waals surface area contributed by atoms with Gasteiger partial charge >= 0.3 is 0 Å². The van der Waals surface area contributed by atoms with Crippen molar-refractivity contribution in [3.05, 3.63) is 0 Å². The van der Waals surface area contributed by atoms with Crippen LogP contribution in [0.15, 0.2) is 0 Å². The van der Waals surface area contributed by atoms with Gasteiger partial charge in [0.1, 0.15) is 0 Å². The van der Waals surface area contributed by atoms with Crippen molar-refractivity contribution < 1.29 is 0 Å². The van der Waals surface area contributed by atoms with E-state index in [1.165, 1.54) is 10.2 Å². The van der Waals surface area contributed by atoms with E-state index in [9.17, 15) is 0 Å². The molecule has 0 N–H and O–H groups in total. The van der Waals surface area contributed by atoms with Crippen LogP contribution in [0.1, 0.15) is 6.92 Å². The van der Waals surface area contributed by atoms with Crippen molar-refractivity contribution in [2.75, 3.05) is 0 Å². The highest BCUT2D eigenvalue weighted by atomic mass is 32.1. The Bertz CT molecular complexity index is 10.8. The second kappa shape index (κ2) is 1.85. The topological polar surface area (TPSA) is 0 Å². The highest BCUT2D eigenvalue weighted by Crippen LogP contribution is 1.77. The van der Waals surface area contributed by atoms with Crippen LogP contribution in [0, 0.1) is 0 Å². The Morgan fingerprint density at radius 3 is 2.00 bits per heavy atom. The molecule has 0 spiro atoms. The van der Waals surface area contributed by atoms with Crippen LogP contribution in [-0.2, 0) is 0 Å². The summed E-state index contributed by atoms with van der Waals surface area (Å²) in [5.41, 5.74) is 0. The van der Waals surface area contributed by atoms with Crippen LogP contribution in [0.3, 0.4) is 0 Å². The highest BCUT2D eigenvalue weighted by molar-refractivity contribution is 7.82. The third-order valence-corrected chi connectivity index (χ3v) is 0. The van der Waals surface area contributed by atoms with E-state index >= 15 is 0 Å². The summed E-state index contributed by atoms with van der Waals surface area (Å²) in [6, 6.07) is 0. The first-order valence-electron chi connectivity index (χ1n) is 1.41. The molecule has 0 fully saturated rings. The minimum atomic E-state index is 0.667. The van der Waals surface area contributed by atoms with Crippen LogP contribution in [0.4, 0.5) is 0 Å². The molecule has 0 aliphatic heterocycles. The lowest BCUT2D eigenvalue weighted by Crippen LogP contribution is -1.82. The number of hydrogen-bond acceptors (Lipinski definition) is 1. The molecule has 0 saturated heterocycles. The number of rotatable bonds is 0. The van der Waals surface area contributed by atoms with Crippen LogP contribution >= 0.6 is 12.6 Å². The zero-order valence-corrected chi connectivity index (χ0v) is 5.92. The Balaban J connectivity index is 2.32. The van der Waals surface area contributed by atoms with Crippen LogP contribution in [-0.4, -0.2) is 15.1 Å². The fourth-order valence-electron chi connectivity index (χ4n) is 0. The van der Waals surface area contributed by atoms with Crippen molar-refractivity contribution in [2.24, 2.45) is 0 Å². The van der Waals surface area contributed by atoms with Gasteiger partial charge in [-0.05, 0) is 4.87 Å². The van der Waals surface area contributed by atoms with Crippen molar-refractivity contribution >= 4 is 22.9 Å². The molecule has 0 rings (SSSR count). The summed E-state index contributed by atoms with van der Waals surface area (Å²) in [7, 11) is 1.21. The van der Waals surface area contributed by atoms with Crippen LogP contribution in [0.25, 0.3) is 0 Å². The third-order valence-electron chi connectivity index (χ3n) is 0. The van der Waals surface area contributed by atoms with Gasteiger partial charge in [0.2, 0.25) is 0 Å². The van der Waals surface area contributed by atoms with E-state index in [0.717, 1.165) is 0 Å². The predicted octanol–water partition coefficient (Wildman–Crippen LogP) is -0.372. The van der Waals surface area contributed by atoms with E-state index in [1.54, 1.807) is 0 Å². The summed E-state index contributed by atoms with van der Waals surface area (Å²) in [4.78, 5) is 0.667. The smallest absolute Gasteiger partial charge is 0.0185 e. The highest BCUT2D eigenvalue weighted by Gasteiger charge is 1.69. The average molecular weight is 92.2 g/mol. The summed E-state index contributed by atoms with van der Waals surface area (Å²) in [5.74, 6) is 0. The van der Waals surface area contributed by atoms with Gasteiger partial charge in [-0.1, -0.05) is 6.92 Å². The van der Waals surface area contributed by atoms with E-state index in [4.69, 9.17) is 0 Å². The molecule has 26 valence electrons. The Hall–Kier alpha value is 0.567. The van der Waals surface area contributed by atoms with Gasteiger partial charge in [0.25, 0.3) is 0 Å². The molecule has 0 bridgehead atoms. The van der Waals surface area contributed by atoms with Gasteiger partial charge in [-0.25, -0.2) is 0 Å². The van der Waals surface area contributed by atoms with Crippen LogP contribution in [0.2, 0.25) is 0 Å². The van der Waals surface area contributed by atoms with Crippen molar-refractivity contribution in [1.82, 2.24) is 0 Å². The van der Waals surface area contributed by atoms with Crippen molar-refractivity contribution in [2.45, 2.75) is 11.8 Å². The first-order chi connectivity index (χ1) is 1.73. The second-order valence-corrected chi connectivity index (χ2v) is 4.83. The molecule has 0 amide bonds. The van der Waals surface area contributed by atoms with Crippen molar-refractivity contribution in [3.8, 4) is 0 Å². The Kier molecular flexibility index (Phi) is 2.11. The molecular weight excluding hydrogens is 84.2 g/mol. The van der Waals surface area contributed by atoms with Crippen molar-refractivity contribution in [1.29, 1.82) is 0 Å². The van der Waals surface area contributed by atoms with Gasteiger partial charge in [-0.2, -0.15) is 12.6 Å². The SMILES string of the molecule is CC([SiH3])S. The molecule has 0 aromatic carbocycles. The van der Waals surface area contributed by atoms with Gasteiger partial charge in [-0.3, -0.25) is 0 Å². The van der Waals surface area contributed by atoms with E-state index in [2.05, 4.69) is 19.6 Å². The van der Waals surface area contributed by atoms with Gasteiger partial charge in [0.15, 0.2) is 0 Å². The summed E-state index contributed by atoms with van der Waals surface area (Å²) in [6.45, 7) is 2.09. The minimum absolute atomic E-state index is 0.667. The van der Waals surface area contributed by atoms with E-state index in [0.29, 0.717) is 4.87 Å². The second-order valence-electron chi connectivity index (χ2n) is 1.09. The molecule has 0 saturated carbocycles. The lowest BCUT2D eigenvalue weighted by molar-refractivity contribution is 1.42. The molecule has 1 unspecified atom stereocenters. The normalized spacial score (nSPS) is 16.5. The van der Waals surface area contributed by atoms with Gasteiger partial charge in [0.05, 0.1) is 0 Å². The molecule has 0 radical (unpaired) electrons. The summed E-state index contributed by atoms with van der Waals surface area (Å²) >= 11 is 4.03. The first-order valence-corrected chi connectivity index (χ1v) is 3.08. The van der Waals surface area contributed by atoms with Gasteiger partial charge in [0, 0.05) is 10.2 Å². The molecule has 0 aliphatic carbocycles. The van der Waals surface area contributed by atoms with Gasteiger partial charge < -0.3 is 0 Å². The molecule has 0 aromatic rings. The fourth-order valence-corrected chi connectivity index (χ4v) is 0. The quantitative estimate of drug-likeness (QED) is 0.306. The van der Waals surface area contributed by atoms with E-state index < -0.39 is 0 Å². The standard InChI is InChI=1S/C2H8SSi/c1-2(3)4/h2-3H,1,4H3.